The highest BCUT2D eigenvalue weighted by Gasteiger charge is 2.17. The van der Waals surface area contributed by atoms with E-state index in [1.54, 1.807) is 14.1 Å². The monoisotopic (exact) mass is 133 g/mol. The highest BCUT2D eigenvalue weighted by atomic mass is 16.5. The molecule has 4 heteroatoms. The summed E-state index contributed by atoms with van der Waals surface area (Å²) in [4.78, 5) is 11.7. The Bertz CT molecular complexity index is 102. The number of nitrogens with zero attached hydrogens (tertiary/aromatic N) is 1. The molecule has 0 aliphatic heterocycles. The molecule has 1 atom stereocenters. The minimum absolute atomic E-state index is 0.829. The minimum atomic E-state index is -0.970. The Morgan fingerprint density at radius 3 is 2.11 bits per heavy atom. The van der Waals surface area contributed by atoms with Crippen molar-refractivity contribution in [3.05, 3.63) is 0 Å². The topological polar surface area (TPSA) is 49.8 Å². The van der Waals surface area contributed by atoms with Crippen LogP contribution >= 0.6 is 0 Å². The summed E-state index contributed by atoms with van der Waals surface area (Å²) in [7, 11) is 4.64. The third-order valence-corrected chi connectivity index (χ3v) is 0.904. The van der Waals surface area contributed by atoms with Crippen LogP contribution in [0.2, 0.25) is 0 Å². The van der Waals surface area contributed by atoms with Gasteiger partial charge in [-0.05, 0) is 14.1 Å². The van der Waals surface area contributed by atoms with Gasteiger partial charge >= 0.3 is 5.97 Å². The van der Waals surface area contributed by atoms with E-state index in [1.807, 2.05) is 0 Å². The van der Waals surface area contributed by atoms with E-state index < -0.39 is 12.2 Å². The second-order valence-corrected chi connectivity index (χ2v) is 1.89. The maximum absolute atomic E-state index is 10.2. The number of aliphatic carboxylic acids is 1. The van der Waals surface area contributed by atoms with Crippen molar-refractivity contribution in [2.75, 3.05) is 21.2 Å². The zero-order valence-corrected chi connectivity index (χ0v) is 5.79. The van der Waals surface area contributed by atoms with Crippen LogP contribution in [-0.2, 0) is 9.53 Å². The van der Waals surface area contributed by atoms with Crippen LogP contribution < -0.4 is 0 Å². The molecule has 0 spiro atoms. The van der Waals surface area contributed by atoms with Crippen LogP contribution in [0, 0.1) is 0 Å². The van der Waals surface area contributed by atoms with Crippen LogP contribution in [0.1, 0.15) is 0 Å². The molecule has 0 aliphatic rings. The highest BCUT2D eigenvalue weighted by molar-refractivity contribution is 5.71. The first-order chi connectivity index (χ1) is 4.09. The first kappa shape index (κ1) is 8.39. The van der Waals surface area contributed by atoms with Crippen LogP contribution in [0.4, 0.5) is 0 Å². The van der Waals surface area contributed by atoms with Crippen molar-refractivity contribution >= 4 is 5.97 Å². The van der Waals surface area contributed by atoms with Crippen LogP contribution in [0.5, 0.6) is 0 Å². The Hall–Kier alpha value is -0.610. The SMILES string of the molecule is COC(C(=O)O)N(C)C. The van der Waals surface area contributed by atoms with E-state index in [0.29, 0.717) is 0 Å². The number of hydrogen-bond donors (Lipinski definition) is 1. The third kappa shape index (κ3) is 2.43. The van der Waals surface area contributed by atoms with Crippen LogP contribution in [0.3, 0.4) is 0 Å². The van der Waals surface area contributed by atoms with Crippen LogP contribution in [0.15, 0.2) is 0 Å². The van der Waals surface area contributed by atoms with Crippen molar-refractivity contribution in [3.63, 3.8) is 0 Å². The number of carbonyl (C=O) groups is 1. The van der Waals surface area contributed by atoms with Crippen molar-refractivity contribution in [2.45, 2.75) is 6.23 Å². The molecule has 0 bridgehead atoms. The minimum Gasteiger partial charge on any atom is -0.478 e. The van der Waals surface area contributed by atoms with Gasteiger partial charge in [-0.15, -0.1) is 0 Å². The van der Waals surface area contributed by atoms with Gasteiger partial charge in [0.05, 0.1) is 0 Å². The number of hydrogen-bond acceptors (Lipinski definition) is 3. The lowest BCUT2D eigenvalue weighted by atomic mass is 10.5. The fraction of sp³-hybridized carbons (Fsp3) is 0.800. The van der Waals surface area contributed by atoms with Gasteiger partial charge < -0.3 is 9.84 Å². The maximum atomic E-state index is 10.2. The summed E-state index contributed by atoms with van der Waals surface area (Å²) in [6.07, 6.45) is -0.829. The van der Waals surface area contributed by atoms with Crippen LogP contribution in [-0.4, -0.2) is 43.4 Å². The lowest BCUT2D eigenvalue weighted by Crippen LogP contribution is -2.36. The molecule has 0 saturated carbocycles. The van der Waals surface area contributed by atoms with Gasteiger partial charge in [0.15, 0.2) is 0 Å². The zero-order valence-electron chi connectivity index (χ0n) is 5.79. The molecule has 1 N–H and O–H groups in total. The Labute approximate surface area is 54.0 Å². The lowest BCUT2D eigenvalue weighted by Gasteiger charge is -2.17. The molecule has 9 heavy (non-hydrogen) atoms. The molecule has 0 saturated heterocycles. The van der Waals surface area contributed by atoms with Gasteiger partial charge in [-0.3, -0.25) is 4.90 Å². The summed E-state index contributed by atoms with van der Waals surface area (Å²) in [6, 6.07) is 0. The molecule has 0 rings (SSSR count). The Morgan fingerprint density at radius 1 is 1.67 bits per heavy atom. The van der Waals surface area contributed by atoms with E-state index in [1.165, 1.54) is 12.0 Å². The number of methoxy groups -OCH3 is 1. The quantitative estimate of drug-likeness (QED) is 0.532. The summed E-state index contributed by atoms with van der Waals surface area (Å²) in [5.74, 6) is -0.970. The first-order valence-corrected chi connectivity index (χ1v) is 2.51. The molecule has 0 fully saturated rings. The van der Waals surface area contributed by atoms with Gasteiger partial charge in [-0.25, -0.2) is 4.79 Å². The second-order valence-electron chi connectivity index (χ2n) is 1.89. The number of carboxylic acids is 1. The third-order valence-electron chi connectivity index (χ3n) is 0.904. The van der Waals surface area contributed by atoms with E-state index in [-0.39, 0.29) is 0 Å². The van der Waals surface area contributed by atoms with E-state index in [9.17, 15) is 4.79 Å². The molecule has 0 heterocycles. The number of ether oxygens (including phenoxy) is 1. The van der Waals surface area contributed by atoms with Crippen molar-refractivity contribution in [2.24, 2.45) is 0 Å². The average molecular weight is 133 g/mol. The van der Waals surface area contributed by atoms with Gasteiger partial charge in [-0.2, -0.15) is 0 Å². The van der Waals surface area contributed by atoms with E-state index in [4.69, 9.17) is 5.11 Å². The summed E-state index contributed by atoms with van der Waals surface area (Å²) < 4.78 is 4.60. The van der Waals surface area contributed by atoms with E-state index >= 15 is 0 Å². The summed E-state index contributed by atoms with van der Waals surface area (Å²) in [5, 5.41) is 8.38. The molecular formula is C5H11NO3. The Kier molecular flexibility index (Phi) is 3.19. The number of rotatable bonds is 3. The molecule has 1 unspecified atom stereocenters. The maximum Gasteiger partial charge on any atom is 0.348 e. The van der Waals surface area contributed by atoms with Gasteiger partial charge in [0.2, 0.25) is 6.23 Å². The van der Waals surface area contributed by atoms with Gasteiger partial charge in [0.1, 0.15) is 0 Å². The molecule has 0 aromatic carbocycles. The molecule has 0 radical (unpaired) electrons. The van der Waals surface area contributed by atoms with Gasteiger partial charge in [0, 0.05) is 7.11 Å². The zero-order chi connectivity index (χ0) is 7.44. The standard InChI is InChI=1S/C5H11NO3/c1-6(2)4(9-3)5(7)8/h4H,1-3H3,(H,7,8). The summed E-state index contributed by atoms with van der Waals surface area (Å²) in [5.41, 5.74) is 0. The fourth-order valence-electron chi connectivity index (χ4n) is 0.533. The largest absolute Gasteiger partial charge is 0.478 e. The van der Waals surface area contributed by atoms with E-state index in [0.717, 1.165) is 0 Å². The highest BCUT2D eigenvalue weighted by Crippen LogP contribution is 1.91. The number of carboxylic acid groups (broad SMARTS) is 1. The molecular weight excluding hydrogens is 122 g/mol. The van der Waals surface area contributed by atoms with E-state index in [2.05, 4.69) is 4.74 Å². The average Bonchev–Trinajstić information content (AvgIpc) is 1.64. The summed E-state index contributed by atoms with van der Waals surface area (Å²) >= 11 is 0. The molecule has 0 amide bonds. The van der Waals surface area contributed by atoms with Crippen LogP contribution in [0.25, 0.3) is 0 Å². The first-order valence-electron chi connectivity index (χ1n) is 2.51. The summed E-state index contributed by atoms with van der Waals surface area (Å²) in [6.45, 7) is 0. The normalized spacial score (nSPS) is 13.8. The van der Waals surface area contributed by atoms with Crippen molar-refractivity contribution < 1.29 is 14.6 Å². The Morgan fingerprint density at radius 2 is 2.11 bits per heavy atom. The number of likely N-dealkylation sites (N-methyl/N-ethyl adjacent to an activating group) is 1. The Balaban J connectivity index is 3.83. The molecule has 0 aliphatic carbocycles. The smallest absolute Gasteiger partial charge is 0.348 e. The lowest BCUT2D eigenvalue weighted by molar-refractivity contribution is -0.158. The van der Waals surface area contributed by atoms with Gasteiger partial charge in [-0.1, -0.05) is 0 Å². The molecule has 54 valence electrons. The van der Waals surface area contributed by atoms with Crippen molar-refractivity contribution in [1.29, 1.82) is 0 Å². The predicted octanol–water partition coefficient (Wildman–Crippen LogP) is -0.395. The molecule has 0 aromatic rings. The van der Waals surface area contributed by atoms with Crippen molar-refractivity contribution in [3.8, 4) is 0 Å². The van der Waals surface area contributed by atoms with Crippen molar-refractivity contribution in [1.82, 2.24) is 4.90 Å². The predicted molar refractivity (Wildman–Crippen MR) is 32.1 cm³/mol. The molecule has 4 nitrogen and oxygen atoms in total. The second kappa shape index (κ2) is 3.42. The van der Waals surface area contributed by atoms with Gasteiger partial charge in [0.25, 0.3) is 0 Å². The molecule has 0 aromatic heterocycles. The fourth-order valence-corrected chi connectivity index (χ4v) is 0.533.